The van der Waals surface area contributed by atoms with E-state index in [0.717, 1.165) is 22.9 Å². The van der Waals surface area contributed by atoms with E-state index in [-0.39, 0.29) is 11.9 Å². The van der Waals surface area contributed by atoms with Crippen molar-refractivity contribution in [2.75, 3.05) is 6.54 Å². The predicted molar refractivity (Wildman–Crippen MR) is 78.4 cm³/mol. The largest absolute Gasteiger partial charge is 0.353 e. The van der Waals surface area contributed by atoms with Gasteiger partial charge in [-0.2, -0.15) is 0 Å². The molecule has 0 aliphatic rings. The average Bonchev–Trinajstić information content (AvgIpc) is 2.31. The first-order chi connectivity index (χ1) is 8.63. The van der Waals surface area contributed by atoms with E-state index in [9.17, 15) is 4.79 Å². The summed E-state index contributed by atoms with van der Waals surface area (Å²) in [4.78, 5) is 11.6. The van der Waals surface area contributed by atoms with Gasteiger partial charge < -0.3 is 10.6 Å². The zero-order chi connectivity index (χ0) is 13.4. The Hall–Kier alpha value is -0.870. The maximum atomic E-state index is 11.6. The van der Waals surface area contributed by atoms with Crippen LogP contribution in [0.25, 0.3) is 0 Å². The second-order valence-electron chi connectivity index (χ2n) is 4.45. The normalized spacial score (nSPS) is 12.2. The first-order valence-electron chi connectivity index (χ1n) is 6.37. The van der Waals surface area contributed by atoms with Crippen LogP contribution in [0.1, 0.15) is 32.3 Å². The number of carbonyl (C=O) groups excluding carboxylic acids is 1. The minimum absolute atomic E-state index is 0.0583. The van der Waals surface area contributed by atoms with E-state index >= 15 is 0 Å². The highest BCUT2D eigenvalue weighted by Crippen LogP contribution is 2.14. The van der Waals surface area contributed by atoms with Gasteiger partial charge in [-0.15, -0.1) is 0 Å². The van der Waals surface area contributed by atoms with E-state index in [1.807, 2.05) is 31.2 Å². The van der Waals surface area contributed by atoms with Crippen molar-refractivity contribution in [3.63, 3.8) is 0 Å². The molecule has 0 bridgehead atoms. The van der Waals surface area contributed by atoms with Gasteiger partial charge >= 0.3 is 0 Å². The highest BCUT2D eigenvalue weighted by atomic mass is 79.9. The third kappa shape index (κ3) is 5.65. The second kappa shape index (κ2) is 8.27. The molecule has 1 aromatic carbocycles. The Morgan fingerprint density at radius 2 is 2.11 bits per heavy atom. The average molecular weight is 313 g/mol. The maximum absolute atomic E-state index is 11.6. The van der Waals surface area contributed by atoms with E-state index in [1.165, 1.54) is 0 Å². The van der Waals surface area contributed by atoms with Crippen LogP contribution >= 0.6 is 15.9 Å². The minimum atomic E-state index is 0.0583. The number of hydrogen-bond donors (Lipinski definition) is 2. The highest BCUT2D eigenvalue weighted by molar-refractivity contribution is 9.10. The van der Waals surface area contributed by atoms with Crippen LogP contribution in [0, 0.1) is 0 Å². The molecular weight excluding hydrogens is 292 g/mol. The van der Waals surface area contributed by atoms with E-state index in [2.05, 4.69) is 33.5 Å². The van der Waals surface area contributed by atoms with Crippen molar-refractivity contribution in [1.29, 1.82) is 0 Å². The van der Waals surface area contributed by atoms with Crippen molar-refractivity contribution in [2.24, 2.45) is 0 Å². The van der Waals surface area contributed by atoms with Crippen molar-refractivity contribution in [3.8, 4) is 0 Å². The van der Waals surface area contributed by atoms with Crippen molar-refractivity contribution in [1.82, 2.24) is 10.6 Å². The highest BCUT2D eigenvalue weighted by Gasteiger charge is 2.06. The van der Waals surface area contributed by atoms with Crippen LogP contribution < -0.4 is 10.6 Å². The summed E-state index contributed by atoms with van der Waals surface area (Å²) in [6.07, 6.45) is 2.11. The van der Waals surface area contributed by atoms with Crippen LogP contribution in [0.2, 0.25) is 0 Å². The SMILES string of the molecule is CCCC(C)NC(=O)CNCc1ccccc1Br. The molecule has 0 saturated carbocycles. The Labute approximate surface area is 117 Å². The fourth-order valence-corrected chi connectivity index (χ4v) is 2.21. The molecule has 0 aliphatic heterocycles. The lowest BCUT2D eigenvalue weighted by atomic mass is 10.2. The molecule has 1 rings (SSSR count). The summed E-state index contributed by atoms with van der Waals surface area (Å²) < 4.78 is 1.07. The molecule has 2 N–H and O–H groups in total. The van der Waals surface area contributed by atoms with E-state index in [0.29, 0.717) is 13.1 Å². The van der Waals surface area contributed by atoms with Crippen molar-refractivity contribution < 1.29 is 4.79 Å². The van der Waals surface area contributed by atoms with E-state index in [4.69, 9.17) is 0 Å². The Kier molecular flexibility index (Phi) is 6.98. The molecule has 1 unspecified atom stereocenters. The van der Waals surface area contributed by atoms with E-state index in [1.54, 1.807) is 0 Å². The molecule has 0 aromatic heterocycles. The molecule has 0 radical (unpaired) electrons. The zero-order valence-corrected chi connectivity index (χ0v) is 12.6. The van der Waals surface area contributed by atoms with Crippen LogP contribution in [0.3, 0.4) is 0 Å². The fraction of sp³-hybridized carbons (Fsp3) is 0.500. The van der Waals surface area contributed by atoms with Crippen LogP contribution in [-0.2, 0) is 11.3 Å². The van der Waals surface area contributed by atoms with Gasteiger partial charge in [0.2, 0.25) is 5.91 Å². The number of benzene rings is 1. The standard InChI is InChI=1S/C14H21BrN2O/c1-3-6-11(2)17-14(18)10-16-9-12-7-4-5-8-13(12)15/h4-5,7-8,11,16H,3,6,9-10H2,1-2H3,(H,17,18). The molecule has 3 nitrogen and oxygen atoms in total. The molecule has 18 heavy (non-hydrogen) atoms. The second-order valence-corrected chi connectivity index (χ2v) is 5.31. The summed E-state index contributed by atoms with van der Waals surface area (Å²) in [5.41, 5.74) is 1.16. The topological polar surface area (TPSA) is 41.1 Å². The molecule has 0 heterocycles. The van der Waals surface area contributed by atoms with Crippen LogP contribution in [0.4, 0.5) is 0 Å². The molecule has 0 spiro atoms. The first-order valence-corrected chi connectivity index (χ1v) is 7.16. The maximum Gasteiger partial charge on any atom is 0.234 e. The Morgan fingerprint density at radius 1 is 1.39 bits per heavy atom. The van der Waals surface area contributed by atoms with Gasteiger partial charge in [-0.1, -0.05) is 47.5 Å². The van der Waals surface area contributed by atoms with Gasteiger partial charge in [-0.25, -0.2) is 0 Å². The lowest BCUT2D eigenvalue weighted by molar-refractivity contribution is -0.120. The first kappa shape index (κ1) is 15.2. The van der Waals surface area contributed by atoms with Gasteiger partial charge in [0.15, 0.2) is 0 Å². The number of hydrogen-bond acceptors (Lipinski definition) is 2. The quantitative estimate of drug-likeness (QED) is 0.813. The molecule has 0 fully saturated rings. The minimum Gasteiger partial charge on any atom is -0.353 e. The van der Waals surface area contributed by atoms with Crippen molar-refractivity contribution in [2.45, 2.75) is 39.3 Å². The summed E-state index contributed by atoms with van der Waals surface area (Å²) in [6, 6.07) is 8.26. The molecule has 1 amide bonds. The number of carbonyl (C=O) groups is 1. The summed E-state index contributed by atoms with van der Waals surface area (Å²) in [5, 5.41) is 6.12. The van der Waals surface area contributed by atoms with Gasteiger partial charge in [0.05, 0.1) is 6.54 Å². The number of rotatable bonds is 7. The number of amides is 1. The number of halogens is 1. The van der Waals surface area contributed by atoms with Crippen molar-refractivity contribution >= 4 is 21.8 Å². The monoisotopic (exact) mass is 312 g/mol. The lowest BCUT2D eigenvalue weighted by Gasteiger charge is -2.13. The van der Waals surface area contributed by atoms with Crippen LogP contribution in [-0.4, -0.2) is 18.5 Å². The molecule has 0 saturated heterocycles. The molecule has 4 heteroatoms. The molecule has 100 valence electrons. The predicted octanol–water partition coefficient (Wildman–Crippen LogP) is 2.84. The Morgan fingerprint density at radius 3 is 2.78 bits per heavy atom. The summed E-state index contributed by atoms with van der Waals surface area (Å²) >= 11 is 3.48. The Bertz CT molecular complexity index is 382. The zero-order valence-electron chi connectivity index (χ0n) is 11.0. The van der Waals surface area contributed by atoms with E-state index < -0.39 is 0 Å². The molecular formula is C14H21BrN2O. The summed E-state index contributed by atoms with van der Waals surface area (Å²) in [6.45, 7) is 5.20. The van der Waals surface area contributed by atoms with Gasteiger partial charge in [0.25, 0.3) is 0 Å². The summed E-state index contributed by atoms with van der Waals surface area (Å²) in [5.74, 6) is 0.0583. The fourth-order valence-electron chi connectivity index (χ4n) is 1.78. The summed E-state index contributed by atoms with van der Waals surface area (Å²) in [7, 11) is 0. The third-order valence-corrected chi connectivity index (χ3v) is 3.46. The number of nitrogens with one attached hydrogen (secondary N) is 2. The van der Waals surface area contributed by atoms with Gasteiger partial charge in [-0.3, -0.25) is 4.79 Å². The van der Waals surface area contributed by atoms with Crippen LogP contribution in [0.5, 0.6) is 0 Å². The smallest absolute Gasteiger partial charge is 0.234 e. The Balaban J connectivity index is 2.25. The van der Waals surface area contributed by atoms with Crippen LogP contribution in [0.15, 0.2) is 28.7 Å². The molecule has 1 atom stereocenters. The molecule has 0 aliphatic carbocycles. The molecule has 1 aromatic rings. The van der Waals surface area contributed by atoms with Crippen molar-refractivity contribution in [3.05, 3.63) is 34.3 Å². The lowest BCUT2D eigenvalue weighted by Crippen LogP contribution is -2.38. The van der Waals surface area contributed by atoms with Gasteiger partial charge in [-0.05, 0) is 25.0 Å². The van der Waals surface area contributed by atoms with Gasteiger partial charge in [0, 0.05) is 17.1 Å². The van der Waals surface area contributed by atoms with Gasteiger partial charge in [0.1, 0.15) is 0 Å². The third-order valence-electron chi connectivity index (χ3n) is 2.69.